The second kappa shape index (κ2) is 10.4. The predicted octanol–water partition coefficient (Wildman–Crippen LogP) is 4.79. The average molecular weight is 488 g/mol. The van der Waals surface area contributed by atoms with Crippen LogP contribution in [0.1, 0.15) is 22.3 Å². The van der Waals surface area contributed by atoms with Gasteiger partial charge in [0.1, 0.15) is 11.3 Å². The Hall–Kier alpha value is -2.19. The summed E-state index contributed by atoms with van der Waals surface area (Å²) in [5.41, 5.74) is 5.26. The van der Waals surface area contributed by atoms with Crippen LogP contribution < -0.4 is 9.64 Å². The van der Waals surface area contributed by atoms with Crippen molar-refractivity contribution in [3.63, 3.8) is 0 Å². The maximum absolute atomic E-state index is 13.7. The number of hydrogen-bond acceptors (Lipinski definition) is 6. The number of carbonyl (C=O) groups excluding carboxylic acids is 1. The molecule has 1 fully saturated rings. The summed E-state index contributed by atoms with van der Waals surface area (Å²) in [6.07, 6.45) is 0.335. The SMILES string of the molecule is COc1ccc(Cl)c2sc(N(CCN3CCOCC3)C(=O)Cc3c(C)cc(C)cc3C)nc12. The Morgan fingerprint density at radius 1 is 1.21 bits per heavy atom. The Bertz CT molecular complexity index is 1130. The lowest BCUT2D eigenvalue weighted by molar-refractivity contribution is -0.118. The zero-order valence-electron chi connectivity index (χ0n) is 19.6. The van der Waals surface area contributed by atoms with E-state index in [-0.39, 0.29) is 5.91 Å². The Morgan fingerprint density at radius 2 is 1.91 bits per heavy atom. The van der Waals surface area contributed by atoms with E-state index in [1.807, 2.05) is 17.0 Å². The number of fused-ring (bicyclic) bond motifs is 1. The van der Waals surface area contributed by atoms with Gasteiger partial charge in [0.05, 0.1) is 36.5 Å². The first-order valence-corrected chi connectivity index (χ1v) is 12.4. The van der Waals surface area contributed by atoms with Gasteiger partial charge < -0.3 is 9.47 Å². The van der Waals surface area contributed by atoms with Gasteiger partial charge in [-0.1, -0.05) is 40.6 Å². The minimum atomic E-state index is 0.0347. The van der Waals surface area contributed by atoms with Crippen molar-refractivity contribution >= 4 is 44.2 Å². The fourth-order valence-electron chi connectivity index (χ4n) is 4.35. The monoisotopic (exact) mass is 487 g/mol. The summed E-state index contributed by atoms with van der Waals surface area (Å²) in [6, 6.07) is 7.89. The average Bonchev–Trinajstić information content (AvgIpc) is 3.23. The number of rotatable bonds is 7. The molecule has 1 saturated heterocycles. The molecule has 6 nitrogen and oxygen atoms in total. The standard InChI is InChI=1S/C25H30ClN3O3S/c1-16-13-17(2)19(18(3)14-16)15-22(30)29(8-7-28-9-11-32-12-10-28)25-27-23-21(31-4)6-5-20(26)24(23)33-25/h5-6,13-14H,7-12,15H2,1-4H3. The first-order chi connectivity index (χ1) is 15.9. The number of thiazole rings is 1. The molecule has 1 aliphatic heterocycles. The zero-order valence-corrected chi connectivity index (χ0v) is 21.2. The van der Waals surface area contributed by atoms with Crippen molar-refractivity contribution in [2.24, 2.45) is 0 Å². The van der Waals surface area contributed by atoms with E-state index >= 15 is 0 Å². The molecule has 33 heavy (non-hydrogen) atoms. The Balaban J connectivity index is 1.66. The van der Waals surface area contributed by atoms with E-state index < -0.39 is 0 Å². The van der Waals surface area contributed by atoms with E-state index in [4.69, 9.17) is 26.1 Å². The highest BCUT2D eigenvalue weighted by atomic mass is 35.5. The number of amides is 1. The van der Waals surface area contributed by atoms with E-state index in [0.717, 1.165) is 54.2 Å². The van der Waals surface area contributed by atoms with Gasteiger partial charge in [0, 0.05) is 26.2 Å². The summed E-state index contributed by atoms with van der Waals surface area (Å²) in [5, 5.41) is 1.26. The number of anilines is 1. The molecule has 1 amide bonds. The number of aromatic nitrogens is 1. The Labute approximate surface area is 204 Å². The minimum Gasteiger partial charge on any atom is -0.494 e. The van der Waals surface area contributed by atoms with E-state index in [9.17, 15) is 4.79 Å². The minimum absolute atomic E-state index is 0.0347. The van der Waals surface area contributed by atoms with Crippen LogP contribution in [-0.2, 0) is 16.0 Å². The van der Waals surface area contributed by atoms with Crippen molar-refractivity contribution in [1.82, 2.24) is 9.88 Å². The largest absolute Gasteiger partial charge is 0.494 e. The molecule has 176 valence electrons. The van der Waals surface area contributed by atoms with Crippen molar-refractivity contribution < 1.29 is 14.3 Å². The fourth-order valence-corrected chi connectivity index (χ4v) is 5.65. The van der Waals surface area contributed by atoms with E-state index in [2.05, 4.69) is 37.8 Å². The molecule has 3 aromatic rings. The topological polar surface area (TPSA) is 54.9 Å². The lowest BCUT2D eigenvalue weighted by Crippen LogP contribution is -2.43. The summed E-state index contributed by atoms with van der Waals surface area (Å²) in [4.78, 5) is 22.6. The molecule has 0 aliphatic carbocycles. The van der Waals surface area contributed by atoms with Crippen LogP contribution in [0.2, 0.25) is 5.02 Å². The van der Waals surface area contributed by atoms with E-state index in [1.54, 1.807) is 7.11 Å². The summed E-state index contributed by atoms with van der Waals surface area (Å²) in [6.45, 7) is 10.7. The molecule has 1 aliphatic rings. The molecular weight excluding hydrogens is 458 g/mol. The van der Waals surface area contributed by atoms with Crippen LogP contribution in [-0.4, -0.2) is 62.3 Å². The van der Waals surface area contributed by atoms with Crippen molar-refractivity contribution in [2.75, 3.05) is 51.4 Å². The highest BCUT2D eigenvalue weighted by Gasteiger charge is 2.24. The molecular formula is C25H30ClN3O3S. The van der Waals surface area contributed by atoms with Gasteiger partial charge in [-0.3, -0.25) is 14.6 Å². The molecule has 0 bridgehead atoms. The van der Waals surface area contributed by atoms with Crippen LogP contribution >= 0.6 is 22.9 Å². The normalized spacial score (nSPS) is 14.6. The number of ether oxygens (including phenoxy) is 2. The molecule has 2 aromatic carbocycles. The van der Waals surface area contributed by atoms with Gasteiger partial charge in [0.25, 0.3) is 0 Å². The molecule has 8 heteroatoms. The lowest BCUT2D eigenvalue weighted by atomic mass is 9.97. The summed E-state index contributed by atoms with van der Waals surface area (Å²) >= 11 is 7.89. The molecule has 0 atom stereocenters. The van der Waals surface area contributed by atoms with Crippen LogP contribution in [0.3, 0.4) is 0 Å². The summed E-state index contributed by atoms with van der Waals surface area (Å²) in [7, 11) is 1.62. The van der Waals surface area contributed by atoms with Crippen molar-refractivity contribution in [3.8, 4) is 5.75 Å². The lowest BCUT2D eigenvalue weighted by Gasteiger charge is -2.29. The molecule has 4 rings (SSSR count). The predicted molar refractivity (Wildman–Crippen MR) is 135 cm³/mol. The van der Waals surface area contributed by atoms with Gasteiger partial charge in [0.2, 0.25) is 5.91 Å². The van der Waals surface area contributed by atoms with Gasteiger partial charge >= 0.3 is 0 Å². The third-order valence-corrected chi connectivity index (χ3v) is 7.65. The van der Waals surface area contributed by atoms with Gasteiger partial charge in [0.15, 0.2) is 5.13 Å². The zero-order chi connectivity index (χ0) is 23.5. The number of methoxy groups -OCH3 is 1. The first-order valence-electron chi connectivity index (χ1n) is 11.2. The van der Waals surface area contributed by atoms with Gasteiger partial charge in [-0.15, -0.1) is 0 Å². The van der Waals surface area contributed by atoms with Crippen molar-refractivity contribution in [3.05, 3.63) is 51.5 Å². The van der Waals surface area contributed by atoms with Crippen LogP contribution in [0.25, 0.3) is 10.2 Å². The van der Waals surface area contributed by atoms with Crippen molar-refractivity contribution in [2.45, 2.75) is 27.2 Å². The van der Waals surface area contributed by atoms with Crippen LogP contribution in [0.15, 0.2) is 24.3 Å². The fraction of sp³-hybridized carbons (Fsp3) is 0.440. The number of aryl methyl sites for hydroxylation is 3. The van der Waals surface area contributed by atoms with Crippen molar-refractivity contribution in [1.29, 1.82) is 0 Å². The number of benzene rings is 2. The van der Waals surface area contributed by atoms with E-state index in [1.165, 1.54) is 16.9 Å². The first kappa shape index (κ1) is 24.0. The van der Waals surface area contributed by atoms with Gasteiger partial charge in [-0.05, 0) is 49.6 Å². The quantitative estimate of drug-likeness (QED) is 0.479. The van der Waals surface area contributed by atoms with Gasteiger partial charge in [-0.25, -0.2) is 4.98 Å². The summed E-state index contributed by atoms with van der Waals surface area (Å²) < 4.78 is 11.8. The maximum Gasteiger partial charge on any atom is 0.233 e. The number of carbonyl (C=O) groups is 1. The third kappa shape index (κ3) is 5.32. The molecule has 0 unspecified atom stereocenters. The highest BCUT2D eigenvalue weighted by Crippen LogP contribution is 2.39. The van der Waals surface area contributed by atoms with Gasteiger partial charge in [-0.2, -0.15) is 0 Å². The molecule has 2 heterocycles. The molecule has 0 radical (unpaired) electrons. The molecule has 0 N–H and O–H groups in total. The second-order valence-corrected chi connectivity index (χ2v) is 9.86. The number of halogens is 1. The van der Waals surface area contributed by atoms with Crippen LogP contribution in [0.4, 0.5) is 5.13 Å². The number of hydrogen-bond donors (Lipinski definition) is 0. The Morgan fingerprint density at radius 3 is 2.58 bits per heavy atom. The van der Waals surface area contributed by atoms with Crippen LogP contribution in [0.5, 0.6) is 5.75 Å². The highest BCUT2D eigenvalue weighted by molar-refractivity contribution is 7.23. The second-order valence-electron chi connectivity index (χ2n) is 8.48. The third-order valence-electron chi connectivity index (χ3n) is 6.11. The maximum atomic E-state index is 13.7. The Kier molecular flexibility index (Phi) is 7.54. The van der Waals surface area contributed by atoms with E-state index in [0.29, 0.717) is 34.4 Å². The van der Waals surface area contributed by atoms with Crippen LogP contribution in [0, 0.1) is 20.8 Å². The smallest absolute Gasteiger partial charge is 0.233 e. The molecule has 0 spiro atoms. The number of nitrogens with zero attached hydrogens (tertiary/aromatic N) is 3. The summed E-state index contributed by atoms with van der Waals surface area (Å²) in [5.74, 6) is 0.690. The molecule has 0 saturated carbocycles. The molecule has 1 aromatic heterocycles. The number of morpholine rings is 1.